The van der Waals surface area contributed by atoms with E-state index in [0.717, 1.165) is 4.70 Å². The smallest absolute Gasteiger partial charge is 0.251 e. The zero-order valence-corrected chi connectivity index (χ0v) is 8.98. The predicted octanol–water partition coefficient (Wildman–Crippen LogP) is 1.51. The van der Waals surface area contributed by atoms with Crippen LogP contribution >= 0.6 is 23.1 Å². The highest BCUT2D eigenvalue weighted by atomic mass is 32.2. The molecule has 0 aliphatic rings. The van der Waals surface area contributed by atoms with Gasteiger partial charge in [0, 0.05) is 11.6 Å². The van der Waals surface area contributed by atoms with E-state index in [1.165, 1.54) is 23.1 Å². The summed E-state index contributed by atoms with van der Waals surface area (Å²) in [5.74, 6) is -0.443. The van der Waals surface area contributed by atoms with E-state index in [9.17, 15) is 4.79 Å². The number of hydrogen-bond donors (Lipinski definition) is 1. The van der Waals surface area contributed by atoms with Gasteiger partial charge in [0.15, 0.2) is 5.16 Å². The number of amides is 1. The maximum Gasteiger partial charge on any atom is 0.251 e. The Kier molecular flexibility index (Phi) is 2.39. The van der Waals surface area contributed by atoms with E-state index in [1.807, 2.05) is 6.26 Å². The second-order valence-electron chi connectivity index (χ2n) is 2.58. The number of hydrogen-bond acceptors (Lipinski definition) is 5. The Morgan fingerprint density at radius 2 is 2.43 bits per heavy atom. The molecule has 2 aromatic rings. The van der Waals surface area contributed by atoms with Crippen LogP contribution in [0.15, 0.2) is 16.7 Å². The van der Waals surface area contributed by atoms with Crippen molar-refractivity contribution in [2.24, 2.45) is 5.73 Å². The SMILES string of the molecule is CSc1ncc2scc(C(N)=O)c2n1. The molecule has 0 saturated carbocycles. The summed E-state index contributed by atoms with van der Waals surface area (Å²) in [5, 5.41) is 2.37. The molecule has 0 bridgehead atoms. The molecule has 0 fully saturated rings. The molecule has 6 heteroatoms. The molecule has 2 aromatic heterocycles. The summed E-state index contributed by atoms with van der Waals surface area (Å²) >= 11 is 2.86. The number of fused-ring (bicyclic) bond motifs is 1. The van der Waals surface area contributed by atoms with Gasteiger partial charge in [0.1, 0.15) is 0 Å². The van der Waals surface area contributed by atoms with Crippen molar-refractivity contribution in [3.8, 4) is 0 Å². The monoisotopic (exact) mass is 225 g/mol. The third-order valence-electron chi connectivity index (χ3n) is 1.74. The molecular formula is C8H7N3OS2. The molecular weight excluding hydrogens is 218 g/mol. The number of carbonyl (C=O) groups excluding carboxylic acids is 1. The first-order chi connectivity index (χ1) is 6.72. The van der Waals surface area contributed by atoms with Gasteiger partial charge in [0.25, 0.3) is 5.91 Å². The van der Waals surface area contributed by atoms with Crippen molar-refractivity contribution < 1.29 is 4.79 Å². The normalized spacial score (nSPS) is 10.6. The van der Waals surface area contributed by atoms with E-state index in [4.69, 9.17) is 5.73 Å². The zero-order valence-electron chi connectivity index (χ0n) is 7.35. The molecule has 2 rings (SSSR count). The number of thioether (sulfide) groups is 1. The van der Waals surface area contributed by atoms with E-state index >= 15 is 0 Å². The third kappa shape index (κ3) is 1.46. The van der Waals surface area contributed by atoms with E-state index in [-0.39, 0.29) is 0 Å². The lowest BCUT2D eigenvalue weighted by Crippen LogP contribution is -2.10. The third-order valence-corrected chi connectivity index (χ3v) is 3.21. The molecule has 0 aromatic carbocycles. The van der Waals surface area contributed by atoms with Gasteiger partial charge >= 0.3 is 0 Å². The van der Waals surface area contributed by atoms with E-state index in [1.54, 1.807) is 11.6 Å². The number of nitrogens with zero attached hydrogens (tertiary/aromatic N) is 2. The Hall–Kier alpha value is -1.14. The molecule has 0 saturated heterocycles. The Bertz CT molecular complexity index is 494. The summed E-state index contributed by atoms with van der Waals surface area (Å²) in [7, 11) is 0. The Morgan fingerprint density at radius 1 is 1.64 bits per heavy atom. The fourth-order valence-electron chi connectivity index (χ4n) is 1.09. The van der Waals surface area contributed by atoms with Crippen LogP contribution < -0.4 is 5.73 Å². The van der Waals surface area contributed by atoms with Crippen molar-refractivity contribution in [3.05, 3.63) is 17.1 Å². The van der Waals surface area contributed by atoms with Crippen molar-refractivity contribution in [3.63, 3.8) is 0 Å². The van der Waals surface area contributed by atoms with Gasteiger partial charge in [-0.05, 0) is 6.26 Å². The zero-order chi connectivity index (χ0) is 10.1. The summed E-state index contributed by atoms with van der Waals surface area (Å²) in [6, 6.07) is 0. The Labute approximate surface area is 88.5 Å². The average Bonchev–Trinajstić information content (AvgIpc) is 2.59. The van der Waals surface area contributed by atoms with Crippen LogP contribution in [0.25, 0.3) is 10.2 Å². The molecule has 2 N–H and O–H groups in total. The molecule has 2 heterocycles. The predicted molar refractivity (Wildman–Crippen MR) is 57.7 cm³/mol. The topological polar surface area (TPSA) is 68.9 Å². The molecule has 72 valence electrons. The molecule has 0 spiro atoms. The summed E-state index contributed by atoms with van der Waals surface area (Å²) < 4.78 is 0.886. The van der Waals surface area contributed by atoms with Crippen LogP contribution in [0.5, 0.6) is 0 Å². The standard InChI is InChI=1S/C8H7N3OS2/c1-13-8-10-2-5-6(11-8)4(3-14-5)7(9)12/h2-3H,1H3,(H2,9,12). The van der Waals surface area contributed by atoms with Crippen LogP contribution in [0, 0.1) is 0 Å². The van der Waals surface area contributed by atoms with Gasteiger partial charge in [0.05, 0.1) is 15.8 Å². The van der Waals surface area contributed by atoms with Crippen LogP contribution in [-0.4, -0.2) is 22.1 Å². The molecule has 0 radical (unpaired) electrons. The number of primary amides is 1. The fraction of sp³-hybridized carbons (Fsp3) is 0.125. The maximum absolute atomic E-state index is 11.0. The van der Waals surface area contributed by atoms with Gasteiger partial charge < -0.3 is 5.73 Å². The first-order valence-electron chi connectivity index (χ1n) is 3.80. The van der Waals surface area contributed by atoms with Crippen molar-refractivity contribution in [2.45, 2.75) is 5.16 Å². The van der Waals surface area contributed by atoms with E-state index in [2.05, 4.69) is 9.97 Å². The second kappa shape index (κ2) is 3.55. The minimum absolute atomic E-state index is 0.443. The second-order valence-corrected chi connectivity index (χ2v) is 4.27. The first-order valence-corrected chi connectivity index (χ1v) is 5.91. The minimum atomic E-state index is -0.443. The van der Waals surface area contributed by atoms with Crippen molar-refractivity contribution in [2.75, 3.05) is 6.26 Å². The van der Waals surface area contributed by atoms with Crippen LogP contribution in [-0.2, 0) is 0 Å². The molecule has 1 amide bonds. The lowest BCUT2D eigenvalue weighted by atomic mass is 10.3. The van der Waals surface area contributed by atoms with Crippen molar-refractivity contribution in [1.29, 1.82) is 0 Å². The fourth-order valence-corrected chi connectivity index (χ4v) is 2.28. The quantitative estimate of drug-likeness (QED) is 0.621. The molecule has 14 heavy (non-hydrogen) atoms. The molecule has 0 atom stereocenters. The molecule has 4 nitrogen and oxygen atoms in total. The van der Waals surface area contributed by atoms with Crippen LogP contribution in [0.1, 0.15) is 10.4 Å². The van der Waals surface area contributed by atoms with Crippen LogP contribution in [0.2, 0.25) is 0 Å². The van der Waals surface area contributed by atoms with Crippen LogP contribution in [0.3, 0.4) is 0 Å². The summed E-state index contributed by atoms with van der Waals surface area (Å²) in [6.07, 6.45) is 3.60. The van der Waals surface area contributed by atoms with Crippen molar-refractivity contribution in [1.82, 2.24) is 9.97 Å². The number of nitrogens with two attached hydrogens (primary N) is 1. The minimum Gasteiger partial charge on any atom is -0.366 e. The van der Waals surface area contributed by atoms with Gasteiger partial charge in [-0.15, -0.1) is 11.3 Å². The molecule has 0 aliphatic carbocycles. The highest BCUT2D eigenvalue weighted by Crippen LogP contribution is 2.24. The number of aromatic nitrogens is 2. The van der Waals surface area contributed by atoms with Crippen molar-refractivity contribution >= 4 is 39.2 Å². The van der Waals surface area contributed by atoms with Gasteiger partial charge in [-0.1, -0.05) is 11.8 Å². The number of thiophene rings is 1. The highest BCUT2D eigenvalue weighted by Gasteiger charge is 2.11. The number of carbonyl (C=O) groups is 1. The van der Waals surface area contributed by atoms with Gasteiger partial charge in [-0.25, -0.2) is 9.97 Å². The molecule has 0 aliphatic heterocycles. The first kappa shape index (κ1) is 9.42. The van der Waals surface area contributed by atoms with Gasteiger partial charge in [0.2, 0.25) is 0 Å². The summed E-state index contributed by atoms with van der Waals surface area (Å²) in [4.78, 5) is 19.4. The van der Waals surface area contributed by atoms with E-state index < -0.39 is 5.91 Å². The lowest BCUT2D eigenvalue weighted by Gasteiger charge is -1.95. The highest BCUT2D eigenvalue weighted by molar-refractivity contribution is 7.98. The Morgan fingerprint density at radius 3 is 3.07 bits per heavy atom. The average molecular weight is 225 g/mol. The summed E-state index contributed by atoms with van der Waals surface area (Å²) in [5.41, 5.74) is 6.35. The van der Waals surface area contributed by atoms with Gasteiger partial charge in [-0.2, -0.15) is 0 Å². The lowest BCUT2D eigenvalue weighted by molar-refractivity contribution is 0.100. The Balaban J connectivity index is 2.69. The molecule has 0 unspecified atom stereocenters. The number of rotatable bonds is 2. The summed E-state index contributed by atoms with van der Waals surface area (Å²) in [6.45, 7) is 0. The van der Waals surface area contributed by atoms with E-state index in [0.29, 0.717) is 16.2 Å². The maximum atomic E-state index is 11.0. The van der Waals surface area contributed by atoms with Crippen LogP contribution in [0.4, 0.5) is 0 Å². The largest absolute Gasteiger partial charge is 0.366 e. The van der Waals surface area contributed by atoms with Gasteiger partial charge in [-0.3, -0.25) is 4.79 Å².